The molecule has 0 saturated heterocycles. The van der Waals surface area contributed by atoms with E-state index in [0.717, 1.165) is 11.0 Å². The highest BCUT2D eigenvalue weighted by Crippen LogP contribution is 2.28. The molecule has 1 aliphatic heterocycles. The van der Waals surface area contributed by atoms with Gasteiger partial charge in [-0.3, -0.25) is 0 Å². The van der Waals surface area contributed by atoms with E-state index in [-0.39, 0.29) is 10.8 Å². The Morgan fingerprint density at radius 2 is 2.27 bits per heavy atom. The highest BCUT2D eigenvalue weighted by atomic mass is 35.5. The molecule has 0 aromatic heterocycles. The van der Waals surface area contributed by atoms with Gasteiger partial charge in [-0.2, -0.15) is 0 Å². The van der Waals surface area contributed by atoms with Gasteiger partial charge in [-0.1, -0.05) is 28.9 Å². The van der Waals surface area contributed by atoms with Crippen molar-refractivity contribution in [3.8, 4) is 0 Å². The van der Waals surface area contributed by atoms with Crippen molar-refractivity contribution in [1.29, 1.82) is 0 Å². The van der Waals surface area contributed by atoms with Gasteiger partial charge in [0.15, 0.2) is 5.17 Å². The molecule has 0 saturated carbocycles. The van der Waals surface area contributed by atoms with Crippen LogP contribution in [0.2, 0.25) is 0 Å². The first-order valence-corrected chi connectivity index (χ1v) is 5.07. The third kappa shape index (κ3) is 1.75. The quantitative estimate of drug-likeness (QED) is 0.337. The van der Waals surface area contributed by atoms with E-state index in [1.807, 2.05) is 32.0 Å². The number of oxime groups is 1. The van der Waals surface area contributed by atoms with Gasteiger partial charge in [0.1, 0.15) is 0 Å². The standard InChI is InChI=1S/C10H11BClNO2/c1-10(2)7-5-6(9(12)13-14)3-4-8(7)11-15-10/h3-5,11,14H,1-2H3/b13-9-. The Bertz CT molecular complexity index is 431. The zero-order valence-electron chi connectivity index (χ0n) is 8.62. The maximum atomic E-state index is 8.59. The van der Waals surface area contributed by atoms with Crippen molar-refractivity contribution >= 4 is 29.7 Å². The Morgan fingerprint density at radius 3 is 2.93 bits per heavy atom. The minimum atomic E-state index is -0.294. The van der Waals surface area contributed by atoms with Crippen molar-refractivity contribution in [3.05, 3.63) is 29.3 Å². The van der Waals surface area contributed by atoms with Crippen LogP contribution in [-0.2, 0) is 10.3 Å². The lowest BCUT2D eigenvalue weighted by atomic mass is 9.84. The summed E-state index contributed by atoms with van der Waals surface area (Å²) in [6, 6.07) is 5.68. The number of hydrogen-bond donors (Lipinski definition) is 1. The number of benzene rings is 1. The summed E-state index contributed by atoms with van der Waals surface area (Å²) in [6.45, 7) is 4.01. The number of hydrogen-bond acceptors (Lipinski definition) is 3. The van der Waals surface area contributed by atoms with Crippen molar-refractivity contribution in [2.24, 2.45) is 5.16 Å². The molecular formula is C10H11BClNO2. The van der Waals surface area contributed by atoms with Crippen molar-refractivity contribution < 1.29 is 9.86 Å². The Kier molecular flexibility index (Phi) is 2.48. The summed E-state index contributed by atoms with van der Waals surface area (Å²) in [5, 5.41) is 11.7. The van der Waals surface area contributed by atoms with Crippen LogP contribution in [0.1, 0.15) is 25.0 Å². The molecule has 78 valence electrons. The number of halogens is 1. The molecule has 1 heterocycles. The Balaban J connectivity index is 2.51. The topological polar surface area (TPSA) is 41.8 Å². The SMILES string of the molecule is CC1(C)OBc2ccc(/C(Cl)=N/O)cc21. The van der Waals surface area contributed by atoms with Gasteiger partial charge in [-0.05, 0) is 30.9 Å². The predicted octanol–water partition coefficient (Wildman–Crippen LogP) is 1.30. The monoisotopic (exact) mass is 223 g/mol. The molecule has 0 radical (unpaired) electrons. The molecule has 2 rings (SSSR count). The first-order chi connectivity index (χ1) is 7.04. The zero-order chi connectivity index (χ0) is 11.1. The van der Waals surface area contributed by atoms with Gasteiger partial charge in [0.2, 0.25) is 0 Å². The zero-order valence-corrected chi connectivity index (χ0v) is 9.38. The molecule has 0 amide bonds. The lowest BCUT2D eigenvalue weighted by Gasteiger charge is -2.20. The van der Waals surface area contributed by atoms with E-state index < -0.39 is 0 Å². The van der Waals surface area contributed by atoms with Crippen LogP contribution in [0.5, 0.6) is 0 Å². The van der Waals surface area contributed by atoms with E-state index in [1.165, 1.54) is 0 Å². The van der Waals surface area contributed by atoms with E-state index in [9.17, 15) is 0 Å². The van der Waals surface area contributed by atoms with Crippen LogP contribution in [0.15, 0.2) is 23.4 Å². The predicted molar refractivity (Wildman–Crippen MR) is 61.5 cm³/mol. The van der Waals surface area contributed by atoms with E-state index >= 15 is 0 Å². The van der Waals surface area contributed by atoms with Crippen LogP contribution in [0.4, 0.5) is 0 Å². The smallest absolute Gasteiger partial charge is 0.310 e. The van der Waals surface area contributed by atoms with Crippen LogP contribution < -0.4 is 5.46 Å². The maximum Gasteiger partial charge on any atom is 0.310 e. The van der Waals surface area contributed by atoms with Gasteiger partial charge in [-0.15, -0.1) is 0 Å². The van der Waals surface area contributed by atoms with Crippen molar-refractivity contribution in [2.45, 2.75) is 19.4 Å². The van der Waals surface area contributed by atoms with Crippen molar-refractivity contribution in [2.75, 3.05) is 0 Å². The minimum Gasteiger partial charge on any atom is -0.426 e. The molecule has 5 heteroatoms. The molecule has 0 atom stereocenters. The molecule has 15 heavy (non-hydrogen) atoms. The Hall–Kier alpha value is -0.995. The molecule has 0 spiro atoms. The number of nitrogens with zero attached hydrogens (tertiary/aromatic N) is 1. The van der Waals surface area contributed by atoms with E-state index in [0.29, 0.717) is 13.0 Å². The number of fused-ring (bicyclic) bond motifs is 1. The molecule has 0 unspecified atom stereocenters. The molecule has 1 N–H and O–H groups in total. The Labute approximate surface area is 94.0 Å². The van der Waals surface area contributed by atoms with Gasteiger partial charge in [-0.25, -0.2) is 0 Å². The fourth-order valence-corrected chi connectivity index (χ4v) is 1.90. The minimum absolute atomic E-state index is 0.0977. The second-order valence-electron chi connectivity index (χ2n) is 4.06. The van der Waals surface area contributed by atoms with Gasteiger partial charge in [0.25, 0.3) is 0 Å². The first kappa shape index (κ1) is 10.5. The molecule has 1 aromatic carbocycles. The van der Waals surface area contributed by atoms with Gasteiger partial charge >= 0.3 is 7.48 Å². The summed E-state index contributed by atoms with van der Waals surface area (Å²) in [4.78, 5) is 0. The van der Waals surface area contributed by atoms with E-state index in [4.69, 9.17) is 21.5 Å². The largest absolute Gasteiger partial charge is 0.426 e. The average Bonchev–Trinajstić information content (AvgIpc) is 2.53. The van der Waals surface area contributed by atoms with Crippen LogP contribution in [0, 0.1) is 0 Å². The normalized spacial score (nSPS) is 18.5. The molecule has 0 fully saturated rings. The lowest BCUT2D eigenvalue weighted by molar-refractivity contribution is 0.131. The van der Waals surface area contributed by atoms with Gasteiger partial charge < -0.3 is 9.86 Å². The third-order valence-electron chi connectivity index (χ3n) is 2.67. The number of rotatable bonds is 1. The van der Waals surface area contributed by atoms with E-state index in [1.54, 1.807) is 0 Å². The Morgan fingerprint density at radius 1 is 1.53 bits per heavy atom. The van der Waals surface area contributed by atoms with E-state index in [2.05, 4.69) is 5.16 Å². The van der Waals surface area contributed by atoms with Crippen LogP contribution in [0.3, 0.4) is 0 Å². The maximum absolute atomic E-state index is 8.59. The molecule has 1 aliphatic rings. The summed E-state index contributed by atoms with van der Waals surface area (Å²) < 4.78 is 5.63. The van der Waals surface area contributed by atoms with Gasteiger partial charge in [0, 0.05) is 5.56 Å². The molecule has 0 aliphatic carbocycles. The third-order valence-corrected chi connectivity index (χ3v) is 2.97. The van der Waals surface area contributed by atoms with Crippen LogP contribution in [0.25, 0.3) is 0 Å². The summed E-state index contributed by atoms with van der Waals surface area (Å²) in [5.41, 5.74) is 2.67. The first-order valence-electron chi connectivity index (χ1n) is 4.70. The highest BCUT2D eigenvalue weighted by molar-refractivity contribution is 6.69. The highest BCUT2D eigenvalue weighted by Gasteiger charge is 2.31. The van der Waals surface area contributed by atoms with Crippen molar-refractivity contribution in [3.63, 3.8) is 0 Å². The average molecular weight is 223 g/mol. The second-order valence-corrected chi connectivity index (χ2v) is 4.42. The molecule has 1 aromatic rings. The second kappa shape index (κ2) is 3.54. The summed E-state index contributed by atoms with van der Waals surface area (Å²) in [6.07, 6.45) is 0. The van der Waals surface area contributed by atoms with Gasteiger partial charge in [0.05, 0.1) is 5.60 Å². The van der Waals surface area contributed by atoms with Crippen LogP contribution >= 0.6 is 11.6 Å². The fraction of sp³-hybridized carbons (Fsp3) is 0.300. The fourth-order valence-electron chi connectivity index (χ4n) is 1.78. The summed E-state index contributed by atoms with van der Waals surface area (Å²) in [5.74, 6) is 0. The molecule has 3 nitrogen and oxygen atoms in total. The summed E-state index contributed by atoms with van der Waals surface area (Å²) >= 11 is 5.74. The summed E-state index contributed by atoms with van der Waals surface area (Å²) in [7, 11) is 0.622. The molecular weight excluding hydrogens is 212 g/mol. The van der Waals surface area contributed by atoms with Crippen molar-refractivity contribution in [1.82, 2.24) is 0 Å². The molecule has 0 bridgehead atoms. The van der Waals surface area contributed by atoms with Crippen LogP contribution in [-0.4, -0.2) is 17.9 Å². The lowest BCUT2D eigenvalue weighted by Crippen LogP contribution is -2.17.